The Kier molecular flexibility index (Phi) is 4.49. The van der Waals surface area contributed by atoms with Gasteiger partial charge in [-0.25, -0.2) is 0 Å². The Morgan fingerprint density at radius 1 is 1.45 bits per heavy atom. The zero-order valence-electron chi connectivity index (χ0n) is 12.1. The Labute approximate surface area is 126 Å². The molecule has 1 fully saturated rings. The van der Waals surface area contributed by atoms with Gasteiger partial charge in [-0.2, -0.15) is 0 Å². The fourth-order valence-electron chi connectivity index (χ4n) is 3.31. The predicted octanol–water partition coefficient (Wildman–Crippen LogP) is 2.72. The van der Waals surface area contributed by atoms with Crippen LogP contribution >= 0.6 is 11.6 Å². The van der Waals surface area contributed by atoms with Crippen LogP contribution in [-0.2, 0) is 6.42 Å². The number of benzene rings is 1. The van der Waals surface area contributed by atoms with E-state index in [9.17, 15) is 0 Å². The molecule has 0 radical (unpaired) electrons. The van der Waals surface area contributed by atoms with Gasteiger partial charge in [0.15, 0.2) is 0 Å². The van der Waals surface area contributed by atoms with Crippen molar-refractivity contribution in [1.82, 2.24) is 10.2 Å². The molecule has 110 valence electrons. The van der Waals surface area contributed by atoms with Crippen molar-refractivity contribution >= 4 is 11.6 Å². The SMILES string of the molecule is CCCN(CC1Cc2cc(Cl)ccc2O1)C1CCNC1. The van der Waals surface area contributed by atoms with Crippen molar-refractivity contribution in [2.24, 2.45) is 0 Å². The molecule has 3 nitrogen and oxygen atoms in total. The van der Waals surface area contributed by atoms with E-state index in [1.165, 1.54) is 18.4 Å². The van der Waals surface area contributed by atoms with Crippen LogP contribution in [-0.4, -0.2) is 43.2 Å². The van der Waals surface area contributed by atoms with E-state index in [0.717, 1.165) is 43.4 Å². The van der Waals surface area contributed by atoms with Gasteiger partial charge in [-0.1, -0.05) is 18.5 Å². The monoisotopic (exact) mass is 294 g/mol. The molecule has 0 aliphatic carbocycles. The van der Waals surface area contributed by atoms with Gasteiger partial charge in [0.25, 0.3) is 0 Å². The molecule has 2 unspecified atom stereocenters. The van der Waals surface area contributed by atoms with Crippen LogP contribution in [0, 0.1) is 0 Å². The molecule has 0 saturated carbocycles. The summed E-state index contributed by atoms with van der Waals surface area (Å²) < 4.78 is 6.08. The molecule has 2 aliphatic rings. The molecule has 0 spiro atoms. The molecule has 1 saturated heterocycles. The van der Waals surface area contributed by atoms with E-state index < -0.39 is 0 Å². The Morgan fingerprint density at radius 2 is 2.35 bits per heavy atom. The normalized spacial score (nSPS) is 24.9. The molecule has 4 heteroatoms. The molecule has 3 rings (SSSR count). The van der Waals surface area contributed by atoms with E-state index >= 15 is 0 Å². The number of ether oxygens (including phenoxy) is 1. The number of rotatable bonds is 5. The van der Waals surface area contributed by atoms with Crippen molar-refractivity contribution < 1.29 is 4.74 Å². The molecule has 0 aromatic heterocycles. The van der Waals surface area contributed by atoms with Gasteiger partial charge in [0.05, 0.1) is 0 Å². The van der Waals surface area contributed by atoms with Gasteiger partial charge in [0, 0.05) is 30.6 Å². The van der Waals surface area contributed by atoms with Gasteiger partial charge in [0.1, 0.15) is 11.9 Å². The first-order valence-electron chi connectivity index (χ1n) is 7.66. The maximum Gasteiger partial charge on any atom is 0.123 e. The average molecular weight is 295 g/mol. The van der Waals surface area contributed by atoms with Crippen molar-refractivity contribution in [2.75, 3.05) is 26.2 Å². The standard InChI is InChI=1S/C16H23ClN2O/c1-2-7-19(14-5-6-18-10-14)11-15-9-12-8-13(17)3-4-16(12)20-15/h3-4,8,14-15,18H,2,5-7,9-11H2,1H3. The summed E-state index contributed by atoms with van der Waals surface area (Å²) in [5.74, 6) is 1.01. The van der Waals surface area contributed by atoms with E-state index in [1.54, 1.807) is 0 Å². The Bertz CT molecular complexity index is 460. The number of nitrogens with zero attached hydrogens (tertiary/aromatic N) is 1. The summed E-state index contributed by atoms with van der Waals surface area (Å²) in [7, 11) is 0. The molecule has 0 bridgehead atoms. The number of nitrogens with one attached hydrogen (secondary N) is 1. The molecule has 2 heterocycles. The van der Waals surface area contributed by atoms with Crippen molar-refractivity contribution in [1.29, 1.82) is 0 Å². The highest BCUT2D eigenvalue weighted by molar-refractivity contribution is 6.30. The third-order valence-corrected chi connectivity index (χ3v) is 4.50. The van der Waals surface area contributed by atoms with Gasteiger partial charge in [-0.05, 0) is 49.7 Å². The van der Waals surface area contributed by atoms with Crippen molar-refractivity contribution in [2.45, 2.75) is 38.3 Å². The lowest BCUT2D eigenvalue weighted by atomic mass is 10.1. The Hall–Kier alpha value is -0.770. The van der Waals surface area contributed by atoms with Crippen molar-refractivity contribution in [3.05, 3.63) is 28.8 Å². The summed E-state index contributed by atoms with van der Waals surface area (Å²) in [6.45, 7) is 6.69. The zero-order chi connectivity index (χ0) is 13.9. The summed E-state index contributed by atoms with van der Waals surface area (Å²) in [5.41, 5.74) is 1.25. The minimum absolute atomic E-state index is 0.274. The molecule has 20 heavy (non-hydrogen) atoms. The molecule has 1 aromatic carbocycles. The highest BCUT2D eigenvalue weighted by atomic mass is 35.5. The predicted molar refractivity (Wildman–Crippen MR) is 82.7 cm³/mol. The molecule has 1 aromatic rings. The van der Waals surface area contributed by atoms with Gasteiger partial charge in [0.2, 0.25) is 0 Å². The Morgan fingerprint density at radius 3 is 3.10 bits per heavy atom. The smallest absolute Gasteiger partial charge is 0.123 e. The number of hydrogen-bond acceptors (Lipinski definition) is 3. The minimum Gasteiger partial charge on any atom is -0.488 e. The Balaban J connectivity index is 1.62. The third-order valence-electron chi connectivity index (χ3n) is 4.26. The molecule has 1 N–H and O–H groups in total. The summed E-state index contributed by atoms with van der Waals surface area (Å²) in [5, 5.41) is 4.26. The largest absolute Gasteiger partial charge is 0.488 e. The van der Waals surface area contributed by atoms with Gasteiger partial charge in [-0.15, -0.1) is 0 Å². The first-order valence-corrected chi connectivity index (χ1v) is 8.04. The van der Waals surface area contributed by atoms with Crippen LogP contribution in [0.25, 0.3) is 0 Å². The second-order valence-corrected chi connectivity index (χ2v) is 6.27. The summed E-state index contributed by atoms with van der Waals surface area (Å²) in [4.78, 5) is 2.60. The first-order chi connectivity index (χ1) is 9.76. The summed E-state index contributed by atoms with van der Waals surface area (Å²) >= 11 is 6.06. The third kappa shape index (κ3) is 3.11. The second kappa shape index (κ2) is 6.33. The molecular weight excluding hydrogens is 272 g/mol. The van der Waals surface area contributed by atoms with Crippen molar-refractivity contribution in [3.63, 3.8) is 0 Å². The van der Waals surface area contributed by atoms with E-state index in [4.69, 9.17) is 16.3 Å². The molecular formula is C16H23ClN2O. The van der Waals surface area contributed by atoms with Crippen LogP contribution in [0.4, 0.5) is 0 Å². The molecule has 0 amide bonds. The van der Waals surface area contributed by atoms with E-state index in [1.807, 2.05) is 18.2 Å². The number of hydrogen-bond donors (Lipinski definition) is 1. The first kappa shape index (κ1) is 14.2. The van der Waals surface area contributed by atoms with E-state index in [0.29, 0.717) is 6.04 Å². The quantitative estimate of drug-likeness (QED) is 0.904. The van der Waals surface area contributed by atoms with E-state index in [2.05, 4.69) is 17.1 Å². The van der Waals surface area contributed by atoms with Crippen LogP contribution < -0.4 is 10.1 Å². The van der Waals surface area contributed by atoms with Crippen molar-refractivity contribution in [3.8, 4) is 5.75 Å². The fraction of sp³-hybridized carbons (Fsp3) is 0.625. The maximum absolute atomic E-state index is 6.08. The van der Waals surface area contributed by atoms with Crippen LogP contribution in [0.5, 0.6) is 5.75 Å². The van der Waals surface area contributed by atoms with Crippen LogP contribution in [0.1, 0.15) is 25.3 Å². The van der Waals surface area contributed by atoms with Gasteiger partial charge < -0.3 is 10.1 Å². The fourth-order valence-corrected chi connectivity index (χ4v) is 3.51. The maximum atomic E-state index is 6.08. The topological polar surface area (TPSA) is 24.5 Å². The lowest BCUT2D eigenvalue weighted by Gasteiger charge is -2.30. The lowest BCUT2D eigenvalue weighted by molar-refractivity contribution is 0.121. The zero-order valence-corrected chi connectivity index (χ0v) is 12.8. The summed E-state index contributed by atoms with van der Waals surface area (Å²) in [6, 6.07) is 6.62. The second-order valence-electron chi connectivity index (χ2n) is 5.84. The molecule has 2 aliphatic heterocycles. The van der Waals surface area contributed by atoms with Gasteiger partial charge >= 0.3 is 0 Å². The van der Waals surface area contributed by atoms with E-state index in [-0.39, 0.29) is 6.10 Å². The van der Waals surface area contributed by atoms with Gasteiger partial charge in [-0.3, -0.25) is 4.90 Å². The van der Waals surface area contributed by atoms with Crippen LogP contribution in [0.3, 0.4) is 0 Å². The lowest BCUT2D eigenvalue weighted by Crippen LogP contribution is -2.43. The number of fused-ring (bicyclic) bond motifs is 1. The minimum atomic E-state index is 0.274. The molecule has 2 atom stereocenters. The average Bonchev–Trinajstić information content (AvgIpc) is 3.06. The number of halogens is 1. The summed E-state index contributed by atoms with van der Waals surface area (Å²) in [6.07, 6.45) is 3.71. The van der Waals surface area contributed by atoms with Crippen LogP contribution in [0.2, 0.25) is 5.02 Å². The highest BCUT2D eigenvalue weighted by Gasteiger charge is 2.29. The highest BCUT2D eigenvalue weighted by Crippen LogP contribution is 2.31. The van der Waals surface area contributed by atoms with Crippen LogP contribution in [0.15, 0.2) is 18.2 Å².